The van der Waals surface area contributed by atoms with Crippen LogP contribution in [0.1, 0.15) is 0 Å². The van der Waals surface area contributed by atoms with Gasteiger partial charge < -0.3 is 13.5 Å². The zero-order valence-corrected chi connectivity index (χ0v) is 23.0. The number of aromatic nitrogens is 10. The van der Waals surface area contributed by atoms with Gasteiger partial charge in [0.1, 0.15) is 34.0 Å². The van der Waals surface area contributed by atoms with Crippen LogP contribution in [0.2, 0.25) is 0 Å². The van der Waals surface area contributed by atoms with Crippen LogP contribution >= 0.6 is 11.5 Å². The van der Waals surface area contributed by atoms with E-state index >= 15 is 0 Å². The Kier molecular flexibility index (Phi) is 5.33. The van der Waals surface area contributed by atoms with Gasteiger partial charge in [-0.05, 0) is 54.0 Å². The van der Waals surface area contributed by atoms with Crippen molar-refractivity contribution in [3.05, 3.63) is 84.6 Å². The maximum atomic E-state index is 6.32. The van der Waals surface area contributed by atoms with Crippen LogP contribution in [0, 0.1) is 0 Å². The quantitative estimate of drug-likeness (QED) is 0.219. The van der Waals surface area contributed by atoms with E-state index in [1.165, 1.54) is 17.8 Å². The largest absolute Gasteiger partial charge is 0.436 e. The maximum Gasteiger partial charge on any atom is 0.228 e. The SMILES string of the molecule is c1cnnc(-c2nc3cc(-c4nc5ccccc5o4)c(-c4noc5ccccc45)c(-c4csnn4)c3nc2-c2conn2)c1. The lowest BCUT2D eigenvalue weighted by molar-refractivity contribution is 0.393. The molecule has 0 aliphatic heterocycles. The topological polar surface area (TPSA) is 168 Å². The van der Waals surface area contributed by atoms with Crippen LogP contribution in [0.4, 0.5) is 0 Å². The molecule has 0 saturated carbocycles. The van der Waals surface area contributed by atoms with Crippen molar-refractivity contribution in [1.29, 1.82) is 0 Å². The summed E-state index contributed by atoms with van der Waals surface area (Å²) in [5, 5.41) is 27.8. The van der Waals surface area contributed by atoms with E-state index in [0.29, 0.717) is 84.5 Å². The monoisotopic (exact) mass is 594 g/mol. The summed E-state index contributed by atoms with van der Waals surface area (Å²) in [7, 11) is 0. The first-order chi connectivity index (χ1) is 21.8. The zero-order valence-electron chi connectivity index (χ0n) is 22.2. The average molecular weight is 595 g/mol. The summed E-state index contributed by atoms with van der Waals surface area (Å²) in [6, 6.07) is 20.6. The Labute approximate surface area is 249 Å². The molecule has 9 rings (SSSR count). The summed E-state index contributed by atoms with van der Waals surface area (Å²) in [5.74, 6) is 0.368. The van der Waals surface area contributed by atoms with Gasteiger partial charge in [-0.25, -0.2) is 15.0 Å². The zero-order chi connectivity index (χ0) is 29.0. The molecule has 0 bridgehead atoms. The first-order valence-electron chi connectivity index (χ1n) is 13.2. The van der Waals surface area contributed by atoms with Crippen LogP contribution in [0.3, 0.4) is 0 Å². The first kappa shape index (κ1) is 24.3. The minimum Gasteiger partial charge on any atom is -0.436 e. The number of hydrogen-bond donors (Lipinski definition) is 0. The Bertz CT molecular complexity index is 2420. The lowest BCUT2D eigenvalue weighted by Gasteiger charge is -2.15. The van der Waals surface area contributed by atoms with Gasteiger partial charge in [0.05, 0.1) is 11.0 Å². The lowest BCUT2D eigenvalue weighted by atomic mass is 9.92. The van der Waals surface area contributed by atoms with Crippen molar-refractivity contribution in [2.45, 2.75) is 0 Å². The predicted octanol–water partition coefficient (Wildman–Crippen LogP) is 6.27. The molecule has 0 fully saturated rings. The van der Waals surface area contributed by atoms with Gasteiger partial charge in [0.2, 0.25) is 5.89 Å². The van der Waals surface area contributed by atoms with Crippen molar-refractivity contribution in [2.75, 3.05) is 0 Å². The molecule has 6 heterocycles. The van der Waals surface area contributed by atoms with Crippen LogP contribution in [0.5, 0.6) is 0 Å². The second-order valence-corrected chi connectivity index (χ2v) is 10.3. The second-order valence-electron chi connectivity index (χ2n) is 9.67. The Balaban J connectivity index is 1.47. The van der Waals surface area contributed by atoms with Gasteiger partial charge in [0.25, 0.3) is 0 Å². The highest BCUT2D eigenvalue weighted by atomic mass is 32.1. The number of para-hydroxylation sites is 3. The molecular weight excluding hydrogens is 580 g/mol. The molecule has 0 amide bonds. The number of rotatable bonds is 5. The van der Waals surface area contributed by atoms with Gasteiger partial charge in [-0.2, -0.15) is 5.10 Å². The number of fused-ring (bicyclic) bond motifs is 3. The van der Waals surface area contributed by atoms with E-state index in [1.807, 2.05) is 60.0 Å². The molecular formula is C30H14N10O3S. The minimum absolute atomic E-state index is 0.368. The molecule has 3 aromatic carbocycles. The minimum atomic E-state index is 0.368. The van der Waals surface area contributed by atoms with E-state index in [9.17, 15) is 0 Å². The highest BCUT2D eigenvalue weighted by Gasteiger charge is 2.29. The van der Waals surface area contributed by atoms with Crippen molar-refractivity contribution in [3.63, 3.8) is 0 Å². The number of nitrogens with zero attached hydrogens (tertiary/aromatic N) is 10. The second kappa shape index (κ2) is 9.64. The molecule has 14 heteroatoms. The average Bonchev–Trinajstić information content (AvgIpc) is 3.90. The fourth-order valence-electron chi connectivity index (χ4n) is 5.24. The molecule has 44 heavy (non-hydrogen) atoms. The molecule has 0 unspecified atom stereocenters. The van der Waals surface area contributed by atoms with Crippen molar-refractivity contribution in [3.8, 4) is 56.7 Å². The van der Waals surface area contributed by atoms with E-state index in [0.717, 1.165) is 5.39 Å². The summed E-state index contributed by atoms with van der Waals surface area (Å²) in [4.78, 5) is 15.0. The van der Waals surface area contributed by atoms with Crippen molar-refractivity contribution in [2.24, 2.45) is 0 Å². The molecule has 0 atom stereocenters. The van der Waals surface area contributed by atoms with Crippen molar-refractivity contribution in [1.82, 2.24) is 50.3 Å². The molecule has 0 aliphatic carbocycles. The molecule has 0 N–H and O–H groups in total. The normalized spacial score (nSPS) is 11.6. The number of oxazole rings is 1. The van der Waals surface area contributed by atoms with Gasteiger partial charge in [0.15, 0.2) is 23.1 Å². The smallest absolute Gasteiger partial charge is 0.228 e. The van der Waals surface area contributed by atoms with Gasteiger partial charge >= 0.3 is 0 Å². The van der Waals surface area contributed by atoms with E-state index < -0.39 is 0 Å². The van der Waals surface area contributed by atoms with Gasteiger partial charge in [-0.1, -0.05) is 33.9 Å². The third kappa shape index (κ3) is 3.78. The number of benzene rings is 3. The Hall–Kier alpha value is -6.28. The Morgan fingerprint density at radius 3 is 2.39 bits per heavy atom. The third-order valence-corrected chi connectivity index (χ3v) is 7.64. The summed E-state index contributed by atoms with van der Waals surface area (Å²) < 4.78 is 21.4. The highest BCUT2D eigenvalue weighted by molar-refractivity contribution is 7.03. The molecule has 0 radical (unpaired) electrons. The first-order valence-corrected chi connectivity index (χ1v) is 14.1. The molecule has 9 aromatic rings. The number of hydrogen-bond acceptors (Lipinski definition) is 14. The van der Waals surface area contributed by atoms with Crippen molar-refractivity contribution < 1.29 is 13.5 Å². The molecule has 208 valence electrons. The fourth-order valence-corrected chi connectivity index (χ4v) is 5.69. The summed E-state index contributed by atoms with van der Waals surface area (Å²) in [6.07, 6.45) is 2.99. The van der Waals surface area contributed by atoms with Crippen LogP contribution < -0.4 is 0 Å². The van der Waals surface area contributed by atoms with Crippen LogP contribution in [0.25, 0.3) is 89.8 Å². The lowest BCUT2D eigenvalue weighted by Crippen LogP contribution is -2.02. The molecule has 0 aliphatic rings. The van der Waals surface area contributed by atoms with Crippen molar-refractivity contribution >= 4 is 44.6 Å². The fraction of sp³-hybridized carbons (Fsp3) is 0. The summed E-state index contributed by atoms with van der Waals surface area (Å²) in [5.41, 5.74) is 7.68. The molecule has 0 saturated heterocycles. The van der Waals surface area contributed by atoms with E-state index in [1.54, 1.807) is 18.3 Å². The van der Waals surface area contributed by atoms with Crippen LogP contribution in [-0.2, 0) is 0 Å². The van der Waals surface area contributed by atoms with E-state index in [-0.39, 0.29) is 0 Å². The summed E-state index contributed by atoms with van der Waals surface area (Å²) >= 11 is 1.21. The Morgan fingerprint density at radius 2 is 1.57 bits per heavy atom. The van der Waals surface area contributed by atoms with Crippen LogP contribution in [0.15, 0.2) is 98.0 Å². The van der Waals surface area contributed by atoms with Gasteiger partial charge in [0, 0.05) is 38.9 Å². The van der Waals surface area contributed by atoms with E-state index in [2.05, 4.69) is 35.3 Å². The molecule has 6 aromatic heterocycles. The molecule has 0 spiro atoms. The third-order valence-electron chi connectivity index (χ3n) is 7.13. The summed E-state index contributed by atoms with van der Waals surface area (Å²) in [6.45, 7) is 0. The highest BCUT2D eigenvalue weighted by Crippen LogP contribution is 2.46. The van der Waals surface area contributed by atoms with Gasteiger partial charge in [-0.15, -0.1) is 15.3 Å². The van der Waals surface area contributed by atoms with E-state index in [4.69, 9.17) is 28.4 Å². The predicted molar refractivity (Wildman–Crippen MR) is 159 cm³/mol. The van der Waals surface area contributed by atoms with Gasteiger partial charge in [-0.3, -0.25) is 0 Å². The standard InChI is InChI=1S/C30H14N10O3S/c1-3-9-22-15(6-1)26(38-43-22)24-16(30-33-17-7-2-4-10-23(17)42-30)12-19-27(25(24)21-14-44-40-37-21)34-29(20-13-41-39-36-20)28(32-19)18-8-5-11-31-35-18/h1-14H. The molecule has 13 nitrogen and oxygen atoms in total. The Morgan fingerprint density at radius 1 is 0.682 bits per heavy atom. The maximum absolute atomic E-state index is 6.32. The van der Waals surface area contributed by atoms with Crippen LogP contribution in [-0.4, -0.2) is 50.3 Å².